The summed E-state index contributed by atoms with van der Waals surface area (Å²) in [5, 5.41) is 4.91. The fourth-order valence-corrected chi connectivity index (χ4v) is 9.01. The average molecular weight is 673 g/mol. The lowest BCUT2D eigenvalue weighted by molar-refractivity contribution is 1.27. The van der Waals surface area contributed by atoms with Gasteiger partial charge in [-0.2, -0.15) is 0 Å². The fourth-order valence-electron chi connectivity index (χ4n) is 9.01. The number of anilines is 6. The van der Waals surface area contributed by atoms with E-state index in [1.807, 2.05) is 0 Å². The largest absolute Gasteiger partial charge is 0.310 e. The van der Waals surface area contributed by atoms with E-state index < -0.39 is 0 Å². The van der Waals surface area contributed by atoms with E-state index in [1.165, 1.54) is 94.3 Å². The molecule has 0 spiro atoms. The molecule has 0 aromatic heterocycles. The minimum Gasteiger partial charge on any atom is -0.310 e. The first-order chi connectivity index (χ1) is 26.3. The van der Waals surface area contributed by atoms with Gasteiger partial charge in [0.2, 0.25) is 0 Å². The summed E-state index contributed by atoms with van der Waals surface area (Å²) < 4.78 is 0. The highest BCUT2D eigenvalue weighted by Crippen LogP contribution is 2.50. The van der Waals surface area contributed by atoms with Crippen molar-refractivity contribution in [3.05, 3.63) is 200 Å². The van der Waals surface area contributed by atoms with Crippen molar-refractivity contribution in [3.63, 3.8) is 0 Å². The topological polar surface area (TPSA) is 6.48 Å². The Morgan fingerprint density at radius 1 is 0.302 bits per heavy atom. The van der Waals surface area contributed by atoms with E-state index >= 15 is 0 Å². The second-order valence-electron chi connectivity index (χ2n) is 14.0. The summed E-state index contributed by atoms with van der Waals surface area (Å²) in [5.41, 5.74) is 16.0. The summed E-state index contributed by atoms with van der Waals surface area (Å²) in [6, 6.07) is 73.5. The molecule has 2 aliphatic heterocycles. The lowest BCUT2D eigenvalue weighted by atomic mass is 9.33. The Morgan fingerprint density at radius 2 is 0.698 bits per heavy atom. The van der Waals surface area contributed by atoms with E-state index in [0.717, 1.165) is 0 Å². The van der Waals surface area contributed by atoms with Gasteiger partial charge in [-0.15, -0.1) is 0 Å². The molecule has 0 atom stereocenters. The zero-order valence-corrected chi connectivity index (χ0v) is 29.0. The van der Waals surface area contributed by atoms with Crippen molar-refractivity contribution < 1.29 is 0 Å². The Morgan fingerprint density at radius 3 is 1.19 bits per heavy atom. The van der Waals surface area contributed by atoms with Crippen molar-refractivity contribution in [2.24, 2.45) is 0 Å². The van der Waals surface area contributed by atoms with Crippen LogP contribution in [0.2, 0.25) is 0 Å². The van der Waals surface area contributed by atoms with Gasteiger partial charge in [0.15, 0.2) is 0 Å². The number of rotatable bonds is 4. The predicted molar refractivity (Wildman–Crippen MR) is 226 cm³/mol. The van der Waals surface area contributed by atoms with Gasteiger partial charge in [-0.3, -0.25) is 0 Å². The Balaban J connectivity index is 1.26. The van der Waals surface area contributed by atoms with Gasteiger partial charge >= 0.3 is 0 Å². The van der Waals surface area contributed by atoms with E-state index in [4.69, 9.17) is 0 Å². The van der Waals surface area contributed by atoms with Crippen molar-refractivity contribution >= 4 is 78.8 Å². The Kier molecular flexibility index (Phi) is 6.68. The smallest absolute Gasteiger partial charge is 0.252 e. The van der Waals surface area contributed by atoms with Crippen LogP contribution in [0, 0.1) is 0 Å². The lowest BCUT2D eigenvalue weighted by Crippen LogP contribution is -2.61. The van der Waals surface area contributed by atoms with Crippen LogP contribution in [0.15, 0.2) is 200 Å². The maximum absolute atomic E-state index is 2.56. The van der Waals surface area contributed by atoms with Crippen molar-refractivity contribution in [2.45, 2.75) is 0 Å². The second kappa shape index (κ2) is 11.9. The van der Waals surface area contributed by atoms with E-state index in [2.05, 4.69) is 210 Å². The van der Waals surface area contributed by atoms with Gasteiger partial charge in [0.1, 0.15) is 0 Å². The quantitative estimate of drug-likeness (QED) is 0.172. The van der Waals surface area contributed by atoms with Crippen LogP contribution in [-0.4, -0.2) is 6.71 Å². The number of benzene rings is 9. The van der Waals surface area contributed by atoms with Gasteiger partial charge in [0.05, 0.1) is 11.4 Å². The van der Waals surface area contributed by atoms with Crippen LogP contribution in [0.25, 0.3) is 43.8 Å². The first-order valence-electron chi connectivity index (χ1n) is 18.4. The molecule has 3 heteroatoms. The van der Waals surface area contributed by atoms with Gasteiger partial charge in [0, 0.05) is 44.6 Å². The summed E-state index contributed by atoms with van der Waals surface area (Å²) in [7, 11) is 0. The van der Waals surface area contributed by atoms with Crippen molar-refractivity contribution in [2.75, 3.05) is 9.80 Å². The van der Waals surface area contributed by atoms with Crippen molar-refractivity contribution in [1.82, 2.24) is 0 Å². The number of fused-ring (bicyclic) bond motifs is 6. The molecule has 9 aromatic rings. The molecule has 9 aromatic carbocycles. The molecule has 2 heterocycles. The molecule has 0 fully saturated rings. The fraction of sp³-hybridized carbons (Fsp3) is 0. The lowest BCUT2D eigenvalue weighted by Gasteiger charge is -2.45. The van der Waals surface area contributed by atoms with Gasteiger partial charge in [0.25, 0.3) is 6.71 Å². The first-order valence-corrected chi connectivity index (χ1v) is 18.4. The highest BCUT2D eigenvalue weighted by molar-refractivity contribution is 7.00. The van der Waals surface area contributed by atoms with Gasteiger partial charge in [-0.25, -0.2) is 0 Å². The molecule has 0 unspecified atom stereocenters. The van der Waals surface area contributed by atoms with Gasteiger partial charge in [-0.05, 0) is 62.6 Å². The van der Waals surface area contributed by atoms with Crippen LogP contribution >= 0.6 is 0 Å². The van der Waals surface area contributed by atoms with E-state index in [-0.39, 0.29) is 6.71 Å². The van der Waals surface area contributed by atoms with E-state index in [9.17, 15) is 0 Å². The average Bonchev–Trinajstić information content (AvgIpc) is 3.24. The first kappa shape index (κ1) is 29.9. The molecule has 0 bridgehead atoms. The summed E-state index contributed by atoms with van der Waals surface area (Å²) >= 11 is 0. The molecule has 0 saturated heterocycles. The second-order valence-corrected chi connectivity index (χ2v) is 14.0. The Hall–Kier alpha value is -6.84. The van der Waals surface area contributed by atoms with Crippen molar-refractivity contribution in [1.29, 1.82) is 0 Å². The van der Waals surface area contributed by atoms with E-state index in [1.54, 1.807) is 0 Å². The minimum absolute atomic E-state index is 0.0615. The zero-order valence-electron chi connectivity index (χ0n) is 29.0. The van der Waals surface area contributed by atoms with Crippen LogP contribution < -0.4 is 26.2 Å². The molecule has 0 aliphatic carbocycles. The normalized spacial score (nSPS) is 12.8. The maximum Gasteiger partial charge on any atom is 0.252 e. The summed E-state index contributed by atoms with van der Waals surface area (Å²) in [6.45, 7) is 0.0615. The molecule has 0 radical (unpaired) electrons. The molecule has 246 valence electrons. The van der Waals surface area contributed by atoms with E-state index in [0.29, 0.717) is 0 Å². The highest BCUT2D eigenvalue weighted by atomic mass is 15.2. The number of para-hydroxylation sites is 2. The third-order valence-electron chi connectivity index (χ3n) is 11.2. The third-order valence-corrected chi connectivity index (χ3v) is 11.2. The standard InChI is InChI=1S/C50H33BN2/c1-3-16-34(17-4-1)40-32-30-36-20-7-9-22-38(36)49(40)52-44-26-13-11-24-42(44)51-43-25-12-14-27-45(43)53(47-29-15-28-46(52)48(47)51)50-39-23-10-8-21-37(39)31-33-41(50)35-18-5-2-6-19-35/h1-33H. The number of hydrogen-bond acceptors (Lipinski definition) is 2. The summed E-state index contributed by atoms with van der Waals surface area (Å²) in [6.07, 6.45) is 0. The number of nitrogens with zero attached hydrogens (tertiary/aromatic N) is 2. The van der Waals surface area contributed by atoms with Gasteiger partial charge < -0.3 is 9.80 Å². The van der Waals surface area contributed by atoms with Crippen molar-refractivity contribution in [3.8, 4) is 22.3 Å². The summed E-state index contributed by atoms with van der Waals surface area (Å²) in [4.78, 5) is 5.12. The maximum atomic E-state index is 2.56. The number of hydrogen-bond donors (Lipinski definition) is 0. The SMILES string of the molecule is c1ccc(-c2ccc3ccccc3c2N2c3ccccc3B3c4ccccc4N(c4c(-c5ccccc5)ccc5ccccc45)c4cccc2c43)cc1. The molecule has 0 N–H and O–H groups in total. The Bertz CT molecular complexity index is 2670. The molecule has 2 aliphatic rings. The Labute approximate surface area is 309 Å². The molecule has 2 nitrogen and oxygen atoms in total. The highest BCUT2D eigenvalue weighted by Gasteiger charge is 2.44. The predicted octanol–water partition coefficient (Wildman–Crippen LogP) is 11.4. The monoisotopic (exact) mass is 672 g/mol. The molecule has 0 amide bonds. The third kappa shape index (κ3) is 4.47. The van der Waals surface area contributed by atoms with Gasteiger partial charge in [-0.1, -0.05) is 176 Å². The van der Waals surface area contributed by atoms with Crippen LogP contribution in [0.1, 0.15) is 0 Å². The molecular formula is C50H33BN2. The van der Waals surface area contributed by atoms with Crippen LogP contribution in [-0.2, 0) is 0 Å². The molecular weight excluding hydrogens is 639 g/mol. The molecule has 0 saturated carbocycles. The zero-order chi connectivity index (χ0) is 34.9. The minimum atomic E-state index is 0.0615. The summed E-state index contributed by atoms with van der Waals surface area (Å²) in [5.74, 6) is 0. The van der Waals surface area contributed by atoms with Crippen LogP contribution in [0.3, 0.4) is 0 Å². The van der Waals surface area contributed by atoms with Crippen LogP contribution in [0.5, 0.6) is 0 Å². The molecule has 53 heavy (non-hydrogen) atoms. The van der Waals surface area contributed by atoms with Crippen LogP contribution in [0.4, 0.5) is 34.1 Å². The molecule has 11 rings (SSSR count).